The molecule has 0 saturated carbocycles. The fourth-order valence-corrected chi connectivity index (χ4v) is 2.16. The molecule has 1 aromatic rings. The lowest BCUT2D eigenvalue weighted by Crippen LogP contribution is -2.47. The minimum absolute atomic E-state index is 0.163. The molecule has 5 heteroatoms. The molecule has 3 amide bonds. The second kappa shape index (κ2) is 5.88. The predicted octanol–water partition coefficient (Wildman–Crippen LogP) is 1.66. The fraction of sp³-hybridized carbons (Fsp3) is 0.333. The molecule has 1 aromatic carbocycles. The monoisotopic (exact) mass is 274 g/mol. The van der Waals surface area contributed by atoms with E-state index < -0.39 is 5.54 Å². The second-order valence-electron chi connectivity index (χ2n) is 4.92. The van der Waals surface area contributed by atoms with Crippen LogP contribution in [0.1, 0.15) is 12.5 Å². The summed E-state index contributed by atoms with van der Waals surface area (Å²) >= 11 is 0. The number of hydrogen-bond donors (Lipinski definition) is 1. The van der Waals surface area contributed by atoms with E-state index in [0.29, 0.717) is 0 Å². The largest absolute Gasteiger partial charge is 0.382 e. The summed E-state index contributed by atoms with van der Waals surface area (Å²) in [6.45, 7) is 2.08. The number of carbonyl (C=O) groups excluding carboxylic acids is 2. The Morgan fingerprint density at radius 1 is 1.30 bits per heavy atom. The first kappa shape index (κ1) is 14.3. The summed E-state index contributed by atoms with van der Waals surface area (Å²) in [6.07, 6.45) is 3.68. The van der Waals surface area contributed by atoms with E-state index in [0.717, 1.165) is 5.56 Å². The van der Waals surface area contributed by atoms with Crippen LogP contribution in [0.5, 0.6) is 0 Å². The van der Waals surface area contributed by atoms with Crippen molar-refractivity contribution in [3.63, 3.8) is 0 Å². The number of methoxy groups -OCH3 is 1. The molecule has 0 aliphatic carbocycles. The van der Waals surface area contributed by atoms with Gasteiger partial charge in [0.1, 0.15) is 5.54 Å². The number of hydrogen-bond acceptors (Lipinski definition) is 3. The lowest BCUT2D eigenvalue weighted by Gasteiger charge is -2.19. The maximum absolute atomic E-state index is 12.2. The molecule has 106 valence electrons. The van der Waals surface area contributed by atoms with E-state index in [1.807, 2.05) is 36.4 Å². The fourth-order valence-electron chi connectivity index (χ4n) is 2.16. The first-order chi connectivity index (χ1) is 9.57. The van der Waals surface area contributed by atoms with Gasteiger partial charge in [-0.1, -0.05) is 42.5 Å². The Morgan fingerprint density at radius 3 is 2.65 bits per heavy atom. The number of benzene rings is 1. The first-order valence-electron chi connectivity index (χ1n) is 6.41. The van der Waals surface area contributed by atoms with Gasteiger partial charge in [-0.15, -0.1) is 0 Å². The van der Waals surface area contributed by atoms with Crippen LogP contribution >= 0.6 is 0 Å². The van der Waals surface area contributed by atoms with Gasteiger partial charge in [-0.25, -0.2) is 4.79 Å². The predicted molar refractivity (Wildman–Crippen MR) is 76.0 cm³/mol. The van der Waals surface area contributed by atoms with Crippen molar-refractivity contribution in [2.45, 2.75) is 12.5 Å². The summed E-state index contributed by atoms with van der Waals surface area (Å²) in [6, 6.07) is 9.33. The third-order valence-corrected chi connectivity index (χ3v) is 3.18. The molecular weight excluding hydrogens is 256 g/mol. The van der Waals surface area contributed by atoms with Gasteiger partial charge >= 0.3 is 6.03 Å². The maximum Gasteiger partial charge on any atom is 0.325 e. The Kier molecular flexibility index (Phi) is 4.20. The van der Waals surface area contributed by atoms with Gasteiger partial charge in [-0.2, -0.15) is 0 Å². The minimum atomic E-state index is -0.966. The highest BCUT2D eigenvalue weighted by atomic mass is 16.5. The summed E-state index contributed by atoms with van der Waals surface area (Å²) < 4.78 is 4.99. The number of imide groups is 1. The van der Waals surface area contributed by atoms with E-state index in [4.69, 9.17) is 4.74 Å². The van der Waals surface area contributed by atoms with Crippen molar-refractivity contribution in [2.24, 2.45) is 0 Å². The van der Waals surface area contributed by atoms with Gasteiger partial charge in [0, 0.05) is 13.7 Å². The van der Waals surface area contributed by atoms with Crippen molar-refractivity contribution in [1.82, 2.24) is 10.2 Å². The zero-order chi connectivity index (χ0) is 14.6. The lowest BCUT2D eigenvalue weighted by molar-refractivity contribution is -0.132. The van der Waals surface area contributed by atoms with Crippen LogP contribution in [0.4, 0.5) is 4.79 Å². The van der Waals surface area contributed by atoms with Crippen LogP contribution in [-0.2, 0) is 9.53 Å². The normalized spacial score (nSPS) is 22.6. The molecule has 0 radical (unpaired) electrons. The second-order valence-corrected chi connectivity index (χ2v) is 4.92. The molecule has 1 N–H and O–H groups in total. The smallest absolute Gasteiger partial charge is 0.325 e. The average Bonchev–Trinajstić information content (AvgIpc) is 2.63. The quantitative estimate of drug-likeness (QED) is 0.831. The van der Waals surface area contributed by atoms with Crippen LogP contribution in [0.15, 0.2) is 36.4 Å². The van der Waals surface area contributed by atoms with Gasteiger partial charge in [0.2, 0.25) is 0 Å². The number of carbonyl (C=O) groups is 2. The summed E-state index contributed by atoms with van der Waals surface area (Å²) in [5.41, 5.74) is 0.0612. The summed E-state index contributed by atoms with van der Waals surface area (Å²) in [5.74, 6) is -0.262. The number of rotatable bonds is 5. The molecule has 0 aromatic heterocycles. The van der Waals surface area contributed by atoms with E-state index >= 15 is 0 Å². The van der Waals surface area contributed by atoms with E-state index in [2.05, 4.69) is 5.32 Å². The van der Waals surface area contributed by atoms with Crippen molar-refractivity contribution >= 4 is 18.0 Å². The number of nitrogens with zero attached hydrogens (tertiary/aromatic N) is 1. The molecule has 0 spiro atoms. The molecule has 1 fully saturated rings. The summed E-state index contributed by atoms with van der Waals surface area (Å²) in [4.78, 5) is 25.2. The van der Waals surface area contributed by atoms with Gasteiger partial charge < -0.3 is 10.1 Å². The summed E-state index contributed by atoms with van der Waals surface area (Å²) in [5, 5.41) is 2.66. The Morgan fingerprint density at radius 2 is 2.00 bits per heavy atom. The highest BCUT2D eigenvalue weighted by molar-refractivity contribution is 6.07. The van der Waals surface area contributed by atoms with E-state index in [-0.39, 0.29) is 25.1 Å². The standard InChI is InChI=1S/C15H18N2O3/c1-15(11-20-2)13(18)17(14(19)16-15)10-6-9-12-7-4-3-5-8-12/h3-9H,10-11H2,1-2H3,(H,16,19)/b9-6+. The molecule has 5 nitrogen and oxygen atoms in total. The Labute approximate surface area is 118 Å². The topological polar surface area (TPSA) is 58.6 Å². The molecule has 1 heterocycles. The Bertz CT molecular complexity index is 527. The Hall–Kier alpha value is -2.14. The van der Waals surface area contributed by atoms with E-state index in [9.17, 15) is 9.59 Å². The number of amides is 3. The van der Waals surface area contributed by atoms with Gasteiger partial charge in [0.15, 0.2) is 0 Å². The van der Waals surface area contributed by atoms with Crippen molar-refractivity contribution in [3.8, 4) is 0 Å². The van der Waals surface area contributed by atoms with Crippen molar-refractivity contribution in [1.29, 1.82) is 0 Å². The van der Waals surface area contributed by atoms with Crippen molar-refractivity contribution in [3.05, 3.63) is 42.0 Å². The van der Waals surface area contributed by atoms with Gasteiger partial charge in [0.25, 0.3) is 5.91 Å². The third-order valence-electron chi connectivity index (χ3n) is 3.18. The first-order valence-corrected chi connectivity index (χ1v) is 6.41. The van der Waals surface area contributed by atoms with Crippen molar-refractivity contribution < 1.29 is 14.3 Å². The molecule has 20 heavy (non-hydrogen) atoms. The number of nitrogens with one attached hydrogen (secondary N) is 1. The molecular formula is C15H18N2O3. The number of ether oxygens (including phenoxy) is 1. The molecule has 1 aliphatic rings. The van der Waals surface area contributed by atoms with Crippen LogP contribution in [0, 0.1) is 0 Å². The van der Waals surface area contributed by atoms with Crippen LogP contribution in [0.2, 0.25) is 0 Å². The van der Waals surface area contributed by atoms with Crippen LogP contribution < -0.4 is 5.32 Å². The van der Waals surface area contributed by atoms with E-state index in [1.54, 1.807) is 13.0 Å². The van der Waals surface area contributed by atoms with Crippen LogP contribution in [0.25, 0.3) is 6.08 Å². The minimum Gasteiger partial charge on any atom is -0.382 e. The van der Waals surface area contributed by atoms with Crippen molar-refractivity contribution in [2.75, 3.05) is 20.3 Å². The molecule has 2 rings (SSSR count). The average molecular weight is 274 g/mol. The van der Waals surface area contributed by atoms with E-state index in [1.165, 1.54) is 12.0 Å². The molecule has 1 unspecified atom stereocenters. The zero-order valence-corrected chi connectivity index (χ0v) is 11.6. The van der Waals surface area contributed by atoms with Crippen LogP contribution in [-0.4, -0.2) is 42.6 Å². The molecule has 1 aliphatic heterocycles. The SMILES string of the molecule is COCC1(C)NC(=O)N(C/C=C/c2ccccc2)C1=O. The number of urea groups is 1. The van der Waals surface area contributed by atoms with Gasteiger partial charge in [-0.3, -0.25) is 9.69 Å². The molecule has 1 saturated heterocycles. The van der Waals surface area contributed by atoms with Gasteiger partial charge in [-0.05, 0) is 12.5 Å². The highest BCUT2D eigenvalue weighted by Crippen LogP contribution is 2.17. The van der Waals surface area contributed by atoms with Gasteiger partial charge in [0.05, 0.1) is 6.61 Å². The molecule has 1 atom stereocenters. The maximum atomic E-state index is 12.2. The lowest BCUT2D eigenvalue weighted by atomic mass is 10.0. The third kappa shape index (κ3) is 2.88. The Balaban J connectivity index is 2.02. The zero-order valence-electron chi connectivity index (χ0n) is 11.6. The highest BCUT2D eigenvalue weighted by Gasteiger charge is 2.47. The molecule has 0 bridgehead atoms. The van der Waals surface area contributed by atoms with Crippen LogP contribution in [0.3, 0.4) is 0 Å². The summed E-state index contributed by atoms with van der Waals surface area (Å²) in [7, 11) is 1.50.